The lowest BCUT2D eigenvalue weighted by atomic mass is 10.2. The number of hydrogen-bond acceptors (Lipinski definition) is 3. The summed E-state index contributed by atoms with van der Waals surface area (Å²) < 4.78 is 19.6. The van der Waals surface area contributed by atoms with E-state index in [9.17, 15) is 4.39 Å². The van der Waals surface area contributed by atoms with Gasteiger partial charge in [0.1, 0.15) is 0 Å². The molecule has 5 heteroatoms. The predicted molar refractivity (Wildman–Crippen MR) is 59.5 cm³/mol. The van der Waals surface area contributed by atoms with Crippen LogP contribution in [0.2, 0.25) is 0 Å². The van der Waals surface area contributed by atoms with Gasteiger partial charge in [0.25, 0.3) is 0 Å². The molecule has 1 unspecified atom stereocenters. The molecule has 0 amide bonds. The molecule has 1 fully saturated rings. The lowest BCUT2D eigenvalue weighted by Crippen LogP contribution is -2.44. The van der Waals surface area contributed by atoms with Crippen LogP contribution in [0.15, 0.2) is 16.7 Å². The van der Waals surface area contributed by atoms with Crippen LogP contribution in [-0.2, 0) is 4.74 Å². The van der Waals surface area contributed by atoms with E-state index in [1.807, 2.05) is 11.8 Å². The second kappa shape index (κ2) is 4.45. The zero-order valence-electron chi connectivity index (χ0n) is 8.41. The van der Waals surface area contributed by atoms with Crippen molar-refractivity contribution in [2.75, 3.05) is 24.7 Å². The normalized spacial score (nSPS) is 21.8. The number of ether oxygens (including phenoxy) is 1. The standard InChI is InChI=1S/C10H12BrFN2O/c1-7-6-15-3-2-14(7)10-9(12)4-8(11)5-13-10/h4-5,7H,2-3,6H2,1H3. The second-order valence-electron chi connectivity index (χ2n) is 3.58. The van der Waals surface area contributed by atoms with E-state index in [1.54, 1.807) is 6.20 Å². The lowest BCUT2D eigenvalue weighted by molar-refractivity contribution is 0.0981. The molecular formula is C10H12BrFN2O. The van der Waals surface area contributed by atoms with Gasteiger partial charge in [-0.25, -0.2) is 9.37 Å². The largest absolute Gasteiger partial charge is 0.377 e. The van der Waals surface area contributed by atoms with E-state index in [1.165, 1.54) is 6.07 Å². The summed E-state index contributed by atoms with van der Waals surface area (Å²) in [6.07, 6.45) is 1.61. The van der Waals surface area contributed by atoms with Crippen molar-refractivity contribution in [1.29, 1.82) is 0 Å². The van der Waals surface area contributed by atoms with E-state index in [0.717, 1.165) is 0 Å². The van der Waals surface area contributed by atoms with Crippen molar-refractivity contribution < 1.29 is 9.13 Å². The average molecular weight is 275 g/mol. The maximum Gasteiger partial charge on any atom is 0.166 e. The molecule has 2 heterocycles. The van der Waals surface area contributed by atoms with Crippen LogP contribution in [0, 0.1) is 5.82 Å². The Balaban J connectivity index is 2.27. The first-order valence-electron chi connectivity index (χ1n) is 4.84. The SMILES string of the molecule is CC1COCCN1c1ncc(Br)cc1F. The van der Waals surface area contributed by atoms with Crippen molar-refractivity contribution in [1.82, 2.24) is 4.98 Å². The first kappa shape index (κ1) is 10.8. The lowest BCUT2D eigenvalue weighted by Gasteiger charge is -2.34. The van der Waals surface area contributed by atoms with Crippen molar-refractivity contribution in [3.8, 4) is 0 Å². The number of anilines is 1. The first-order valence-corrected chi connectivity index (χ1v) is 5.63. The molecule has 1 atom stereocenters. The zero-order chi connectivity index (χ0) is 10.8. The number of morpholine rings is 1. The van der Waals surface area contributed by atoms with Crippen molar-refractivity contribution >= 4 is 21.7 Å². The second-order valence-corrected chi connectivity index (χ2v) is 4.49. The summed E-state index contributed by atoms with van der Waals surface area (Å²) in [5.41, 5.74) is 0. The number of nitrogens with zero attached hydrogens (tertiary/aromatic N) is 2. The molecule has 3 nitrogen and oxygen atoms in total. The summed E-state index contributed by atoms with van der Waals surface area (Å²) in [7, 11) is 0. The highest BCUT2D eigenvalue weighted by atomic mass is 79.9. The van der Waals surface area contributed by atoms with Gasteiger partial charge in [-0.1, -0.05) is 0 Å². The average Bonchev–Trinajstić information content (AvgIpc) is 2.20. The van der Waals surface area contributed by atoms with Gasteiger partial charge < -0.3 is 9.64 Å². The third kappa shape index (κ3) is 2.29. The molecule has 1 aromatic rings. The molecule has 0 bridgehead atoms. The Bertz CT molecular complexity index is 361. The van der Waals surface area contributed by atoms with Crippen molar-refractivity contribution in [3.05, 3.63) is 22.6 Å². The molecule has 0 aliphatic carbocycles. The summed E-state index contributed by atoms with van der Waals surface area (Å²) in [6, 6.07) is 1.60. The van der Waals surface area contributed by atoms with Crippen LogP contribution in [-0.4, -0.2) is 30.8 Å². The Labute approximate surface area is 96.4 Å². The van der Waals surface area contributed by atoms with Gasteiger partial charge in [0.2, 0.25) is 0 Å². The number of hydrogen-bond donors (Lipinski definition) is 0. The van der Waals surface area contributed by atoms with Gasteiger partial charge >= 0.3 is 0 Å². The number of rotatable bonds is 1. The van der Waals surface area contributed by atoms with Gasteiger partial charge in [-0.3, -0.25) is 0 Å². The van der Waals surface area contributed by atoms with Crippen LogP contribution in [0.4, 0.5) is 10.2 Å². The minimum absolute atomic E-state index is 0.168. The molecule has 1 aliphatic heterocycles. The summed E-state index contributed by atoms with van der Waals surface area (Å²) in [4.78, 5) is 6.04. The third-order valence-electron chi connectivity index (χ3n) is 2.43. The Hall–Kier alpha value is -0.680. The van der Waals surface area contributed by atoms with E-state index in [0.29, 0.717) is 30.0 Å². The summed E-state index contributed by atoms with van der Waals surface area (Å²) >= 11 is 3.19. The number of pyridine rings is 1. The monoisotopic (exact) mass is 274 g/mol. The van der Waals surface area contributed by atoms with E-state index in [2.05, 4.69) is 20.9 Å². The van der Waals surface area contributed by atoms with Crippen LogP contribution in [0.3, 0.4) is 0 Å². The Morgan fingerprint density at radius 1 is 1.67 bits per heavy atom. The van der Waals surface area contributed by atoms with Crippen LogP contribution < -0.4 is 4.90 Å². The molecule has 0 aromatic carbocycles. The topological polar surface area (TPSA) is 25.4 Å². The van der Waals surface area contributed by atoms with Gasteiger partial charge in [-0.2, -0.15) is 0 Å². The molecule has 1 aliphatic rings. The smallest absolute Gasteiger partial charge is 0.166 e. The number of halogens is 2. The summed E-state index contributed by atoms with van der Waals surface area (Å²) in [5, 5.41) is 0. The van der Waals surface area contributed by atoms with Gasteiger partial charge in [0.05, 0.1) is 19.3 Å². The molecule has 82 valence electrons. The van der Waals surface area contributed by atoms with Gasteiger partial charge in [-0.05, 0) is 28.9 Å². The molecule has 1 aromatic heterocycles. The van der Waals surface area contributed by atoms with Crippen LogP contribution in [0.1, 0.15) is 6.92 Å². The zero-order valence-corrected chi connectivity index (χ0v) is 10.00. The third-order valence-corrected chi connectivity index (χ3v) is 2.86. The van der Waals surface area contributed by atoms with Gasteiger partial charge in [0.15, 0.2) is 11.6 Å². The fraction of sp³-hybridized carbons (Fsp3) is 0.500. The molecule has 1 saturated heterocycles. The predicted octanol–water partition coefficient (Wildman–Crippen LogP) is 2.21. The van der Waals surface area contributed by atoms with E-state index < -0.39 is 0 Å². The number of aromatic nitrogens is 1. The van der Waals surface area contributed by atoms with Crippen molar-refractivity contribution in [2.45, 2.75) is 13.0 Å². The van der Waals surface area contributed by atoms with Gasteiger partial charge in [0, 0.05) is 17.2 Å². The van der Waals surface area contributed by atoms with E-state index in [4.69, 9.17) is 4.74 Å². The summed E-state index contributed by atoms with van der Waals surface area (Å²) in [5.74, 6) is 0.118. The van der Waals surface area contributed by atoms with Crippen molar-refractivity contribution in [2.24, 2.45) is 0 Å². The minimum Gasteiger partial charge on any atom is -0.377 e. The quantitative estimate of drug-likeness (QED) is 0.785. The summed E-state index contributed by atoms with van der Waals surface area (Å²) in [6.45, 7) is 3.94. The highest BCUT2D eigenvalue weighted by Crippen LogP contribution is 2.22. The molecule has 0 spiro atoms. The molecular weight excluding hydrogens is 263 g/mol. The van der Waals surface area contributed by atoms with Crippen LogP contribution >= 0.6 is 15.9 Å². The highest BCUT2D eigenvalue weighted by Gasteiger charge is 2.22. The first-order chi connectivity index (χ1) is 7.18. The fourth-order valence-corrected chi connectivity index (χ4v) is 1.96. The fourth-order valence-electron chi connectivity index (χ4n) is 1.66. The van der Waals surface area contributed by atoms with E-state index >= 15 is 0 Å². The molecule has 2 rings (SSSR count). The molecule has 0 saturated carbocycles. The van der Waals surface area contributed by atoms with Crippen LogP contribution in [0.25, 0.3) is 0 Å². The maximum absolute atomic E-state index is 13.6. The van der Waals surface area contributed by atoms with Crippen molar-refractivity contribution in [3.63, 3.8) is 0 Å². The Morgan fingerprint density at radius 3 is 3.13 bits per heavy atom. The van der Waals surface area contributed by atoms with E-state index in [-0.39, 0.29) is 11.9 Å². The highest BCUT2D eigenvalue weighted by molar-refractivity contribution is 9.10. The van der Waals surface area contributed by atoms with Gasteiger partial charge in [-0.15, -0.1) is 0 Å². The minimum atomic E-state index is -0.293. The maximum atomic E-state index is 13.6. The Morgan fingerprint density at radius 2 is 2.47 bits per heavy atom. The molecule has 0 radical (unpaired) electrons. The van der Waals surface area contributed by atoms with Crippen LogP contribution in [0.5, 0.6) is 0 Å². The molecule has 15 heavy (non-hydrogen) atoms. The molecule has 0 N–H and O–H groups in total. The Kier molecular flexibility index (Phi) is 3.21.